The minimum Gasteiger partial charge on any atom is -0.369 e. The minimum absolute atomic E-state index is 0.612. The summed E-state index contributed by atoms with van der Waals surface area (Å²) < 4.78 is 0. The van der Waals surface area contributed by atoms with Crippen LogP contribution in [0, 0.1) is 6.92 Å². The van der Waals surface area contributed by atoms with Gasteiger partial charge in [-0.3, -0.25) is 9.80 Å². The zero-order valence-corrected chi connectivity index (χ0v) is 14.6. The highest BCUT2D eigenvalue weighted by Crippen LogP contribution is 2.25. The molecule has 1 aliphatic rings. The lowest BCUT2D eigenvalue weighted by Crippen LogP contribution is -2.53. The molecule has 2 aromatic rings. The number of rotatable bonds is 5. The Balaban J connectivity index is 1.63. The van der Waals surface area contributed by atoms with E-state index in [4.69, 9.17) is 11.6 Å². The fourth-order valence-corrected chi connectivity index (χ4v) is 3.26. The summed E-state index contributed by atoms with van der Waals surface area (Å²) in [5.74, 6) is 0. The number of benzene rings is 2. The molecule has 1 amide bonds. The van der Waals surface area contributed by atoms with E-state index in [-0.39, 0.29) is 0 Å². The number of hydrazine groups is 1. The molecule has 0 aliphatic carbocycles. The van der Waals surface area contributed by atoms with Gasteiger partial charge in [0.2, 0.25) is 6.41 Å². The Morgan fingerprint density at radius 1 is 1.08 bits per heavy atom. The molecule has 0 N–H and O–H groups in total. The average Bonchev–Trinajstić information content (AvgIpc) is 2.63. The summed E-state index contributed by atoms with van der Waals surface area (Å²) >= 11 is 6.14. The van der Waals surface area contributed by atoms with Crippen molar-refractivity contribution in [1.29, 1.82) is 0 Å². The Morgan fingerprint density at radius 3 is 2.46 bits per heavy atom. The lowest BCUT2D eigenvalue weighted by atomic mass is 10.1. The maximum atomic E-state index is 11.5. The first-order chi connectivity index (χ1) is 11.7. The SMILES string of the molecule is Cc1ccc(Cl)cc1N1CCN(N(C=O)Cc2ccccc2)CC1. The number of hydrogen-bond donors (Lipinski definition) is 0. The van der Waals surface area contributed by atoms with Crippen LogP contribution in [0.3, 0.4) is 0 Å². The summed E-state index contributed by atoms with van der Waals surface area (Å²) in [6, 6.07) is 16.1. The molecule has 1 fully saturated rings. The lowest BCUT2D eigenvalue weighted by Gasteiger charge is -2.40. The first-order valence-electron chi connectivity index (χ1n) is 8.19. The van der Waals surface area contributed by atoms with Gasteiger partial charge in [-0.15, -0.1) is 0 Å². The van der Waals surface area contributed by atoms with E-state index in [1.807, 2.05) is 42.5 Å². The molecule has 0 atom stereocenters. The second-order valence-electron chi connectivity index (χ2n) is 6.06. The van der Waals surface area contributed by atoms with Crippen molar-refractivity contribution >= 4 is 23.7 Å². The molecular formula is C19H22ClN3O. The average molecular weight is 344 g/mol. The highest BCUT2D eigenvalue weighted by molar-refractivity contribution is 6.30. The van der Waals surface area contributed by atoms with Gasteiger partial charge in [-0.05, 0) is 30.2 Å². The number of halogens is 1. The van der Waals surface area contributed by atoms with Gasteiger partial charge in [-0.1, -0.05) is 48.0 Å². The van der Waals surface area contributed by atoms with Crippen molar-refractivity contribution in [3.05, 3.63) is 64.7 Å². The quantitative estimate of drug-likeness (QED) is 0.779. The summed E-state index contributed by atoms with van der Waals surface area (Å²) in [5.41, 5.74) is 3.55. The Hall–Kier alpha value is -2.04. The van der Waals surface area contributed by atoms with Crippen LogP contribution in [0.2, 0.25) is 5.02 Å². The van der Waals surface area contributed by atoms with Crippen LogP contribution in [0.25, 0.3) is 0 Å². The van der Waals surface area contributed by atoms with Crippen LogP contribution >= 0.6 is 11.6 Å². The van der Waals surface area contributed by atoms with Crippen molar-refractivity contribution in [3.63, 3.8) is 0 Å². The predicted molar refractivity (Wildman–Crippen MR) is 98.0 cm³/mol. The summed E-state index contributed by atoms with van der Waals surface area (Å²) in [4.78, 5) is 13.8. The molecule has 1 aliphatic heterocycles. The summed E-state index contributed by atoms with van der Waals surface area (Å²) in [6.07, 6.45) is 0.924. The maximum Gasteiger partial charge on any atom is 0.224 e. The van der Waals surface area contributed by atoms with Crippen LogP contribution < -0.4 is 4.90 Å². The fraction of sp³-hybridized carbons (Fsp3) is 0.316. The number of amides is 1. The number of carbonyl (C=O) groups excluding carboxylic acids is 1. The standard InChI is InChI=1S/C19H22ClN3O/c1-16-7-8-18(20)13-19(16)21-9-11-22(12-10-21)23(15-24)14-17-5-3-2-4-6-17/h2-8,13,15H,9-12,14H2,1H3. The fourth-order valence-electron chi connectivity index (χ4n) is 3.09. The lowest BCUT2D eigenvalue weighted by molar-refractivity contribution is -0.136. The van der Waals surface area contributed by atoms with Gasteiger partial charge in [0, 0.05) is 36.9 Å². The first kappa shape index (κ1) is 16.8. The predicted octanol–water partition coefficient (Wildman–Crippen LogP) is 3.34. The largest absolute Gasteiger partial charge is 0.369 e. The van der Waals surface area contributed by atoms with Crippen molar-refractivity contribution in [3.8, 4) is 0 Å². The van der Waals surface area contributed by atoms with E-state index in [1.54, 1.807) is 5.01 Å². The highest BCUT2D eigenvalue weighted by Gasteiger charge is 2.22. The van der Waals surface area contributed by atoms with Gasteiger partial charge in [0.15, 0.2) is 0 Å². The number of carbonyl (C=O) groups is 1. The third-order valence-electron chi connectivity index (χ3n) is 4.44. The number of anilines is 1. The Morgan fingerprint density at radius 2 is 1.79 bits per heavy atom. The van der Waals surface area contributed by atoms with Crippen molar-refractivity contribution in [2.45, 2.75) is 13.5 Å². The molecule has 0 spiro atoms. The van der Waals surface area contributed by atoms with Crippen molar-refractivity contribution in [2.24, 2.45) is 0 Å². The van der Waals surface area contributed by atoms with E-state index in [0.29, 0.717) is 6.54 Å². The van der Waals surface area contributed by atoms with Gasteiger partial charge in [0.05, 0.1) is 6.54 Å². The number of piperazine rings is 1. The molecule has 0 bridgehead atoms. The van der Waals surface area contributed by atoms with Crippen LogP contribution in [0.4, 0.5) is 5.69 Å². The molecule has 1 heterocycles. The molecule has 24 heavy (non-hydrogen) atoms. The molecule has 4 nitrogen and oxygen atoms in total. The van der Waals surface area contributed by atoms with Gasteiger partial charge >= 0.3 is 0 Å². The topological polar surface area (TPSA) is 26.8 Å². The van der Waals surface area contributed by atoms with E-state index in [9.17, 15) is 4.79 Å². The Bertz CT molecular complexity index is 684. The van der Waals surface area contributed by atoms with Crippen LogP contribution in [0.5, 0.6) is 0 Å². The molecule has 3 rings (SSSR count). The number of nitrogens with zero attached hydrogens (tertiary/aromatic N) is 3. The summed E-state index contributed by atoms with van der Waals surface area (Å²) in [7, 11) is 0. The summed E-state index contributed by atoms with van der Waals surface area (Å²) in [6.45, 7) is 6.10. The third-order valence-corrected chi connectivity index (χ3v) is 4.68. The first-order valence-corrected chi connectivity index (χ1v) is 8.57. The van der Waals surface area contributed by atoms with Crippen LogP contribution in [-0.2, 0) is 11.3 Å². The third kappa shape index (κ3) is 3.89. The zero-order valence-electron chi connectivity index (χ0n) is 13.9. The normalized spacial score (nSPS) is 15.3. The Labute approximate surface area is 148 Å². The summed E-state index contributed by atoms with van der Waals surface area (Å²) in [5, 5.41) is 4.66. The van der Waals surface area contributed by atoms with E-state index >= 15 is 0 Å². The maximum absolute atomic E-state index is 11.5. The molecule has 2 aromatic carbocycles. The molecule has 0 radical (unpaired) electrons. The molecule has 1 saturated heterocycles. The van der Waals surface area contributed by atoms with Gasteiger partial charge in [0.25, 0.3) is 0 Å². The molecule has 5 heteroatoms. The van der Waals surface area contributed by atoms with E-state index in [0.717, 1.165) is 43.2 Å². The van der Waals surface area contributed by atoms with Gasteiger partial charge in [-0.25, -0.2) is 5.01 Å². The van der Waals surface area contributed by atoms with Crippen molar-refractivity contribution in [1.82, 2.24) is 10.0 Å². The second kappa shape index (κ2) is 7.69. The molecule has 0 unspecified atom stereocenters. The van der Waals surface area contributed by atoms with E-state index in [2.05, 4.69) is 22.9 Å². The van der Waals surface area contributed by atoms with Crippen LogP contribution in [0.1, 0.15) is 11.1 Å². The highest BCUT2D eigenvalue weighted by atomic mass is 35.5. The second-order valence-corrected chi connectivity index (χ2v) is 6.50. The zero-order chi connectivity index (χ0) is 16.9. The van der Waals surface area contributed by atoms with Crippen molar-refractivity contribution in [2.75, 3.05) is 31.1 Å². The van der Waals surface area contributed by atoms with E-state index < -0.39 is 0 Å². The molecule has 0 aromatic heterocycles. The molecular weight excluding hydrogens is 322 g/mol. The Kier molecular flexibility index (Phi) is 5.38. The van der Waals surface area contributed by atoms with Gasteiger partial charge < -0.3 is 4.90 Å². The number of hydrogen-bond acceptors (Lipinski definition) is 3. The minimum atomic E-state index is 0.612. The monoisotopic (exact) mass is 343 g/mol. The van der Waals surface area contributed by atoms with E-state index in [1.165, 1.54) is 11.3 Å². The smallest absolute Gasteiger partial charge is 0.224 e. The molecule has 126 valence electrons. The number of aryl methyl sites for hydroxylation is 1. The molecule has 0 saturated carbocycles. The van der Waals surface area contributed by atoms with Crippen LogP contribution in [-0.4, -0.2) is 42.6 Å². The van der Waals surface area contributed by atoms with Crippen molar-refractivity contribution < 1.29 is 4.79 Å². The van der Waals surface area contributed by atoms with Gasteiger partial charge in [-0.2, -0.15) is 0 Å². The van der Waals surface area contributed by atoms with Crippen LogP contribution in [0.15, 0.2) is 48.5 Å². The van der Waals surface area contributed by atoms with Gasteiger partial charge in [0.1, 0.15) is 0 Å².